The summed E-state index contributed by atoms with van der Waals surface area (Å²) in [4.78, 5) is 1.95. The van der Waals surface area contributed by atoms with Crippen LogP contribution in [0.15, 0.2) is 0 Å². The minimum Gasteiger partial charge on any atom is -0.303 e. The van der Waals surface area contributed by atoms with Gasteiger partial charge in [-0.15, -0.1) is 0 Å². The molecule has 0 unspecified atom stereocenters. The maximum Gasteiger partial charge on any atom is 0.125 e. The Labute approximate surface area is 49.5 Å². The van der Waals surface area contributed by atoms with Gasteiger partial charge in [0.2, 0.25) is 0 Å². The molecule has 47 valence electrons. The molecular weight excluding hydrogens is 105 g/mol. The van der Waals surface area contributed by atoms with Crippen LogP contribution < -0.4 is 0 Å². The van der Waals surface area contributed by atoms with Crippen molar-refractivity contribution < 1.29 is 4.39 Å². The van der Waals surface area contributed by atoms with E-state index in [2.05, 4.69) is 6.92 Å². The summed E-state index contributed by atoms with van der Waals surface area (Å²) in [5, 5.41) is 0. The molecule has 1 rings (SSSR count). The second-order valence-corrected chi connectivity index (χ2v) is 2.64. The number of nitrogens with zero attached hydrogens (tertiary/aromatic N) is 1. The minimum atomic E-state index is -1.16. The van der Waals surface area contributed by atoms with Crippen molar-refractivity contribution in [2.75, 3.05) is 20.1 Å². The van der Waals surface area contributed by atoms with E-state index < -0.39 is 5.67 Å². The van der Waals surface area contributed by atoms with Gasteiger partial charge in [-0.3, -0.25) is 0 Å². The van der Waals surface area contributed by atoms with Gasteiger partial charge in [0.15, 0.2) is 0 Å². The molecule has 1 aliphatic heterocycles. The Bertz CT molecular complexity index is 90.5. The molecule has 1 nitrogen and oxygen atoms in total. The highest BCUT2D eigenvalue weighted by atomic mass is 19.1. The van der Waals surface area contributed by atoms with Crippen LogP contribution in [0.5, 0.6) is 0 Å². The standard InChI is InChI=1S/C6H11FN/c1-6(7)3-4-8(2)5-6/h1,3-5H2,2H3/t6-/m0/s1. The van der Waals surface area contributed by atoms with E-state index >= 15 is 0 Å². The summed E-state index contributed by atoms with van der Waals surface area (Å²) in [6.07, 6.45) is 0.587. The number of likely N-dealkylation sites (tertiary alicyclic amines) is 1. The van der Waals surface area contributed by atoms with E-state index in [-0.39, 0.29) is 0 Å². The van der Waals surface area contributed by atoms with Crippen molar-refractivity contribution in [3.8, 4) is 0 Å². The molecule has 2 heteroatoms. The second kappa shape index (κ2) is 1.69. The van der Waals surface area contributed by atoms with Gasteiger partial charge in [0.1, 0.15) is 5.67 Å². The summed E-state index contributed by atoms with van der Waals surface area (Å²) in [5.74, 6) is 0. The summed E-state index contributed by atoms with van der Waals surface area (Å²) in [5.41, 5.74) is -1.16. The first-order valence-electron chi connectivity index (χ1n) is 2.83. The van der Waals surface area contributed by atoms with Crippen LogP contribution in [0.2, 0.25) is 0 Å². The Balaban J connectivity index is 2.44. The third-order valence-electron chi connectivity index (χ3n) is 1.49. The first-order chi connectivity index (χ1) is 3.60. The van der Waals surface area contributed by atoms with Gasteiger partial charge >= 0.3 is 0 Å². The van der Waals surface area contributed by atoms with Crippen LogP contribution in [0.4, 0.5) is 4.39 Å². The first kappa shape index (κ1) is 6.02. The molecule has 0 saturated carbocycles. The minimum absolute atomic E-state index is 0.493. The maximum atomic E-state index is 12.7. The summed E-state index contributed by atoms with van der Waals surface area (Å²) < 4.78 is 12.7. The normalized spacial score (nSPS) is 40.9. The zero-order valence-electron chi connectivity index (χ0n) is 5.15. The maximum absolute atomic E-state index is 12.7. The lowest BCUT2D eigenvalue weighted by molar-refractivity contribution is 0.231. The van der Waals surface area contributed by atoms with Crippen molar-refractivity contribution in [1.29, 1.82) is 0 Å². The molecule has 0 aliphatic carbocycles. The Kier molecular flexibility index (Phi) is 1.27. The van der Waals surface area contributed by atoms with E-state index in [0.29, 0.717) is 13.0 Å². The smallest absolute Gasteiger partial charge is 0.125 e. The van der Waals surface area contributed by atoms with Crippen LogP contribution in [-0.4, -0.2) is 30.7 Å². The predicted molar refractivity (Wildman–Crippen MR) is 31.3 cm³/mol. The fourth-order valence-corrected chi connectivity index (χ4v) is 1.03. The highest BCUT2D eigenvalue weighted by Crippen LogP contribution is 2.22. The number of rotatable bonds is 0. The van der Waals surface area contributed by atoms with Crippen molar-refractivity contribution >= 4 is 0 Å². The molecule has 0 bridgehead atoms. The van der Waals surface area contributed by atoms with E-state index in [1.54, 1.807) is 0 Å². The fraction of sp³-hybridized carbons (Fsp3) is 0.833. The molecule has 1 radical (unpaired) electrons. The molecule has 0 N–H and O–H groups in total. The van der Waals surface area contributed by atoms with E-state index in [1.807, 2.05) is 11.9 Å². The molecule has 0 aromatic carbocycles. The zero-order valence-corrected chi connectivity index (χ0v) is 5.15. The summed E-state index contributed by atoms with van der Waals surface area (Å²) in [6, 6.07) is 0. The third-order valence-corrected chi connectivity index (χ3v) is 1.49. The highest BCUT2D eigenvalue weighted by Gasteiger charge is 2.31. The van der Waals surface area contributed by atoms with Crippen molar-refractivity contribution in [2.24, 2.45) is 0 Å². The average molecular weight is 116 g/mol. The molecule has 0 amide bonds. The molecule has 1 aliphatic rings. The lowest BCUT2D eigenvalue weighted by Crippen LogP contribution is -2.22. The molecule has 1 fully saturated rings. The monoisotopic (exact) mass is 116 g/mol. The molecule has 1 saturated heterocycles. The highest BCUT2D eigenvalue weighted by molar-refractivity contribution is 4.90. The molecule has 8 heavy (non-hydrogen) atoms. The SMILES string of the molecule is [CH2][C@]1(F)CCN(C)C1. The molecular formula is C6H11FN. The van der Waals surface area contributed by atoms with Gasteiger partial charge in [0.05, 0.1) is 0 Å². The average Bonchev–Trinajstić information content (AvgIpc) is 1.82. The largest absolute Gasteiger partial charge is 0.303 e. The number of alkyl halides is 1. The summed E-state index contributed by atoms with van der Waals surface area (Å²) in [7, 11) is 1.91. The lowest BCUT2D eigenvalue weighted by atomic mass is 10.1. The summed E-state index contributed by atoms with van der Waals surface area (Å²) >= 11 is 0. The van der Waals surface area contributed by atoms with Gasteiger partial charge in [-0.25, -0.2) is 4.39 Å². The van der Waals surface area contributed by atoms with E-state index in [1.165, 1.54) is 0 Å². The Morgan fingerprint density at radius 1 is 1.75 bits per heavy atom. The molecule has 0 aromatic heterocycles. The molecule has 1 heterocycles. The van der Waals surface area contributed by atoms with Crippen LogP contribution in [0.25, 0.3) is 0 Å². The van der Waals surface area contributed by atoms with Crippen molar-refractivity contribution in [1.82, 2.24) is 4.90 Å². The van der Waals surface area contributed by atoms with Crippen LogP contribution in [-0.2, 0) is 0 Å². The third kappa shape index (κ3) is 1.19. The number of hydrogen-bond donors (Lipinski definition) is 0. The molecule has 0 spiro atoms. The number of hydrogen-bond acceptors (Lipinski definition) is 1. The van der Waals surface area contributed by atoms with Crippen molar-refractivity contribution in [3.05, 3.63) is 6.92 Å². The predicted octanol–water partition coefficient (Wildman–Crippen LogP) is 0.864. The summed E-state index contributed by atoms with van der Waals surface area (Å²) in [6.45, 7) is 4.75. The van der Waals surface area contributed by atoms with Gasteiger partial charge < -0.3 is 4.90 Å². The van der Waals surface area contributed by atoms with Gasteiger partial charge in [0.25, 0.3) is 0 Å². The van der Waals surface area contributed by atoms with E-state index in [0.717, 1.165) is 6.54 Å². The van der Waals surface area contributed by atoms with Crippen LogP contribution in [0.3, 0.4) is 0 Å². The fourth-order valence-electron chi connectivity index (χ4n) is 1.03. The number of halogens is 1. The van der Waals surface area contributed by atoms with Crippen LogP contribution >= 0.6 is 0 Å². The lowest BCUT2D eigenvalue weighted by Gasteiger charge is -2.10. The van der Waals surface area contributed by atoms with Crippen LogP contribution in [0, 0.1) is 6.92 Å². The Morgan fingerprint density at radius 3 is 2.50 bits per heavy atom. The van der Waals surface area contributed by atoms with Gasteiger partial charge in [0, 0.05) is 13.1 Å². The Morgan fingerprint density at radius 2 is 2.38 bits per heavy atom. The van der Waals surface area contributed by atoms with Gasteiger partial charge in [-0.05, 0) is 20.4 Å². The topological polar surface area (TPSA) is 3.24 Å². The van der Waals surface area contributed by atoms with Gasteiger partial charge in [-0.1, -0.05) is 0 Å². The van der Waals surface area contributed by atoms with Crippen molar-refractivity contribution in [2.45, 2.75) is 12.1 Å². The van der Waals surface area contributed by atoms with Gasteiger partial charge in [-0.2, -0.15) is 0 Å². The van der Waals surface area contributed by atoms with Crippen LogP contribution in [0.1, 0.15) is 6.42 Å². The quantitative estimate of drug-likeness (QED) is 0.454. The Hall–Kier alpha value is -0.110. The van der Waals surface area contributed by atoms with E-state index in [9.17, 15) is 4.39 Å². The second-order valence-electron chi connectivity index (χ2n) is 2.64. The molecule has 0 aromatic rings. The first-order valence-corrected chi connectivity index (χ1v) is 2.83. The van der Waals surface area contributed by atoms with E-state index in [4.69, 9.17) is 0 Å². The van der Waals surface area contributed by atoms with Crippen molar-refractivity contribution in [3.63, 3.8) is 0 Å². The molecule has 1 atom stereocenters. The zero-order chi connectivity index (χ0) is 6.20.